The molecular weight excluding hydrogens is 547 g/mol. The number of rotatable bonds is 10. The largest absolute Gasteiger partial charge is 0.507 e. The van der Waals surface area contributed by atoms with E-state index in [4.69, 9.17) is 28.4 Å². The van der Waals surface area contributed by atoms with E-state index in [9.17, 15) is 33.5 Å². The van der Waals surface area contributed by atoms with Crippen LogP contribution in [0.5, 0.6) is 11.5 Å². The molecule has 13 heteroatoms. The maximum absolute atomic E-state index is 13.2. The number of Topliss-reactive ketones (excluding diaryl/α,β-unsaturated/α-hetero) is 1. The monoisotopic (exact) mass is 576 g/mol. The van der Waals surface area contributed by atoms with Gasteiger partial charge in [0.2, 0.25) is 12.4 Å². The number of esters is 4. The molecule has 220 valence electrons. The number of hydrogen-bond donors (Lipinski definition) is 1. The molecule has 41 heavy (non-hydrogen) atoms. The molecule has 0 aromatic heterocycles. The highest BCUT2D eigenvalue weighted by atomic mass is 19.1. The van der Waals surface area contributed by atoms with Crippen molar-refractivity contribution in [3.8, 4) is 11.5 Å². The molecule has 1 aliphatic heterocycles. The molecule has 0 unspecified atom stereocenters. The molecule has 0 aliphatic carbocycles. The van der Waals surface area contributed by atoms with E-state index in [-0.39, 0.29) is 17.7 Å². The third-order valence-corrected chi connectivity index (χ3v) is 5.75. The Bertz CT molecular complexity index is 1290. The van der Waals surface area contributed by atoms with Crippen molar-refractivity contribution < 1.29 is 61.9 Å². The average molecular weight is 577 g/mol. The van der Waals surface area contributed by atoms with Crippen LogP contribution < -0.4 is 4.74 Å². The highest BCUT2D eigenvalue weighted by molar-refractivity contribution is 6.00. The van der Waals surface area contributed by atoms with Crippen molar-refractivity contribution in [2.75, 3.05) is 6.61 Å². The Morgan fingerprint density at radius 2 is 1.39 bits per heavy atom. The summed E-state index contributed by atoms with van der Waals surface area (Å²) in [5, 5.41) is 10.6. The Kier molecular flexibility index (Phi) is 10.4. The van der Waals surface area contributed by atoms with E-state index in [1.807, 2.05) is 0 Å². The van der Waals surface area contributed by atoms with Crippen molar-refractivity contribution in [1.82, 2.24) is 0 Å². The molecule has 3 rings (SSSR count). The SMILES string of the molecule is CC(=O)OC[C@@H]1O[C@@H](Oc2ccc(C(=O)Cc3ccc(F)cc3)c(O)c2)[C@@H](OC(C)=O)[C@H](OC(C)=O)[C@@H]1OC(C)=O. The lowest BCUT2D eigenvalue weighted by atomic mass is 9.98. The highest BCUT2D eigenvalue weighted by Crippen LogP contribution is 2.33. The van der Waals surface area contributed by atoms with E-state index in [2.05, 4.69) is 0 Å². The first kappa shape index (κ1) is 31.0. The summed E-state index contributed by atoms with van der Waals surface area (Å²) in [6, 6.07) is 9.08. The summed E-state index contributed by atoms with van der Waals surface area (Å²) in [7, 11) is 0. The number of carbonyl (C=O) groups excluding carboxylic acids is 5. The maximum Gasteiger partial charge on any atom is 0.303 e. The Morgan fingerprint density at radius 3 is 1.95 bits per heavy atom. The van der Waals surface area contributed by atoms with E-state index in [1.165, 1.54) is 36.4 Å². The van der Waals surface area contributed by atoms with Gasteiger partial charge in [0.15, 0.2) is 18.0 Å². The van der Waals surface area contributed by atoms with Crippen molar-refractivity contribution in [1.29, 1.82) is 0 Å². The van der Waals surface area contributed by atoms with E-state index in [0.29, 0.717) is 5.56 Å². The van der Waals surface area contributed by atoms with Gasteiger partial charge < -0.3 is 33.5 Å². The predicted octanol–water partition coefficient (Wildman–Crippen LogP) is 2.42. The molecule has 0 saturated carbocycles. The first-order valence-electron chi connectivity index (χ1n) is 12.4. The number of hydrogen-bond acceptors (Lipinski definition) is 12. The van der Waals surface area contributed by atoms with Gasteiger partial charge in [0.25, 0.3) is 0 Å². The molecule has 2 aromatic carbocycles. The van der Waals surface area contributed by atoms with Crippen molar-refractivity contribution in [3.05, 3.63) is 59.4 Å². The smallest absolute Gasteiger partial charge is 0.303 e. The van der Waals surface area contributed by atoms with Crippen LogP contribution in [0, 0.1) is 5.82 Å². The number of ether oxygens (including phenoxy) is 6. The molecular formula is C28H29FO12. The van der Waals surface area contributed by atoms with Crippen LogP contribution in [-0.2, 0) is 49.3 Å². The summed E-state index contributed by atoms with van der Waals surface area (Å²) in [6.07, 6.45) is -7.13. The van der Waals surface area contributed by atoms with Crippen LogP contribution in [-0.4, -0.2) is 72.1 Å². The molecule has 1 aliphatic rings. The third-order valence-electron chi connectivity index (χ3n) is 5.75. The number of ketones is 1. The van der Waals surface area contributed by atoms with Gasteiger partial charge in [0, 0.05) is 40.2 Å². The summed E-state index contributed by atoms with van der Waals surface area (Å²) < 4.78 is 45.9. The van der Waals surface area contributed by atoms with Crippen LogP contribution in [0.25, 0.3) is 0 Å². The summed E-state index contributed by atoms with van der Waals surface area (Å²) in [5.74, 6) is -4.46. The summed E-state index contributed by atoms with van der Waals surface area (Å²) in [5.41, 5.74) is 0.497. The van der Waals surface area contributed by atoms with Gasteiger partial charge in [-0.15, -0.1) is 0 Å². The molecule has 0 spiro atoms. The van der Waals surface area contributed by atoms with Crippen LogP contribution >= 0.6 is 0 Å². The maximum atomic E-state index is 13.2. The predicted molar refractivity (Wildman–Crippen MR) is 135 cm³/mol. The van der Waals surface area contributed by atoms with Crippen molar-refractivity contribution in [3.63, 3.8) is 0 Å². The minimum absolute atomic E-state index is 0.0387. The van der Waals surface area contributed by atoms with Gasteiger partial charge in [-0.2, -0.15) is 0 Å². The second kappa shape index (κ2) is 13.7. The van der Waals surface area contributed by atoms with Gasteiger partial charge in [0.1, 0.15) is 30.0 Å². The number of aromatic hydroxyl groups is 1. The van der Waals surface area contributed by atoms with Crippen LogP contribution in [0.4, 0.5) is 4.39 Å². The van der Waals surface area contributed by atoms with Gasteiger partial charge in [-0.05, 0) is 29.8 Å². The lowest BCUT2D eigenvalue weighted by Gasteiger charge is -2.43. The van der Waals surface area contributed by atoms with Crippen molar-refractivity contribution in [2.45, 2.75) is 64.8 Å². The Labute approximate surface area is 234 Å². The number of carbonyl (C=O) groups is 5. The summed E-state index contributed by atoms with van der Waals surface area (Å²) in [4.78, 5) is 60.0. The van der Waals surface area contributed by atoms with E-state index >= 15 is 0 Å². The lowest BCUT2D eigenvalue weighted by molar-refractivity contribution is -0.288. The topological polar surface area (TPSA) is 161 Å². The Balaban J connectivity index is 1.90. The lowest BCUT2D eigenvalue weighted by Crippen LogP contribution is -2.63. The summed E-state index contributed by atoms with van der Waals surface area (Å²) in [6.45, 7) is 3.96. The number of benzene rings is 2. The standard InChI is InChI=1S/C28H29FO12/c1-14(30)36-13-24-25(37-15(2)31)26(38-16(3)32)27(39-17(4)33)28(41-24)40-20-9-10-21(23(35)12-20)22(34)11-18-5-7-19(29)8-6-18/h5-10,12,24-28,35H,11,13H2,1-4H3/t24-,25+,26+,27-,28+/m0/s1. The zero-order valence-corrected chi connectivity index (χ0v) is 22.7. The zero-order chi connectivity index (χ0) is 30.3. The van der Waals surface area contributed by atoms with Gasteiger partial charge in [0.05, 0.1) is 5.56 Å². The van der Waals surface area contributed by atoms with Crippen LogP contribution in [0.1, 0.15) is 43.6 Å². The number of halogens is 1. The molecule has 12 nitrogen and oxygen atoms in total. The molecule has 1 saturated heterocycles. The molecule has 5 atom stereocenters. The summed E-state index contributed by atoms with van der Waals surface area (Å²) >= 11 is 0. The minimum atomic E-state index is -1.52. The fourth-order valence-electron chi connectivity index (χ4n) is 4.12. The Hall–Kier alpha value is -4.52. The zero-order valence-electron chi connectivity index (χ0n) is 22.7. The highest BCUT2D eigenvalue weighted by Gasteiger charge is 2.53. The molecule has 0 radical (unpaired) electrons. The normalized spacial score (nSPS) is 21.7. The quantitative estimate of drug-likeness (QED) is 0.250. The molecule has 0 amide bonds. The van der Waals surface area contributed by atoms with Crippen LogP contribution in [0.2, 0.25) is 0 Å². The third kappa shape index (κ3) is 8.73. The van der Waals surface area contributed by atoms with E-state index in [0.717, 1.165) is 33.8 Å². The van der Waals surface area contributed by atoms with Crippen LogP contribution in [0.3, 0.4) is 0 Å². The Morgan fingerprint density at radius 1 is 0.805 bits per heavy atom. The fraction of sp³-hybridized carbons (Fsp3) is 0.393. The van der Waals surface area contributed by atoms with Gasteiger partial charge in [-0.25, -0.2) is 4.39 Å². The molecule has 2 aromatic rings. The van der Waals surface area contributed by atoms with Crippen molar-refractivity contribution in [2.24, 2.45) is 0 Å². The second-order valence-corrected chi connectivity index (χ2v) is 9.09. The molecule has 0 bridgehead atoms. The molecule has 1 N–H and O–H groups in total. The molecule has 1 heterocycles. The van der Waals surface area contributed by atoms with Gasteiger partial charge >= 0.3 is 23.9 Å². The first-order chi connectivity index (χ1) is 19.3. The minimum Gasteiger partial charge on any atom is -0.507 e. The van der Waals surface area contributed by atoms with E-state index in [1.54, 1.807) is 0 Å². The second-order valence-electron chi connectivity index (χ2n) is 9.09. The van der Waals surface area contributed by atoms with Crippen LogP contribution in [0.15, 0.2) is 42.5 Å². The average Bonchev–Trinajstić information content (AvgIpc) is 2.87. The number of phenols is 1. The first-order valence-corrected chi connectivity index (χ1v) is 12.4. The van der Waals surface area contributed by atoms with Gasteiger partial charge in [-0.1, -0.05) is 12.1 Å². The fourth-order valence-corrected chi connectivity index (χ4v) is 4.12. The number of phenolic OH excluding ortho intramolecular Hbond substituents is 1. The molecule has 1 fully saturated rings. The van der Waals surface area contributed by atoms with Crippen molar-refractivity contribution >= 4 is 29.7 Å². The van der Waals surface area contributed by atoms with Gasteiger partial charge in [-0.3, -0.25) is 24.0 Å². The van der Waals surface area contributed by atoms with E-state index < -0.39 is 78.5 Å².